The number of rotatable bonds is 6. The summed E-state index contributed by atoms with van der Waals surface area (Å²) in [6.45, 7) is 0.00569. The summed E-state index contributed by atoms with van der Waals surface area (Å²) >= 11 is 0. The Hall–Kier alpha value is -1.10. The summed E-state index contributed by atoms with van der Waals surface area (Å²) in [4.78, 5) is 22.1. The lowest BCUT2D eigenvalue weighted by Gasteiger charge is -2.25. The molecule has 1 unspecified atom stereocenters. The van der Waals surface area contributed by atoms with Gasteiger partial charge in [-0.15, -0.1) is 0 Å². The van der Waals surface area contributed by atoms with E-state index in [2.05, 4.69) is 5.32 Å². The number of carbonyl (C=O) groups is 2. The molecule has 15 heavy (non-hydrogen) atoms. The highest BCUT2D eigenvalue weighted by Crippen LogP contribution is 2.29. The Morgan fingerprint density at radius 3 is 2.60 bits per heavy atom. The van der Waals surface area contributed by atoms with Gasteiger partial charge in [0.1, 0.15) is 0 Å². The highest BCUT2D eigenvalue weighted by Gasteiger charge is 2.24. The van der Waals surface area contributed by atoms with Gasteiger partial charge in [-0.05, 0) is 18.8 Å². The third kappa shape index (κ3) is 3.87. The molecule has 1 saturated carbocycles. The molecule has 1 fully saturated rings. The summed E-state index contributed by atoms with van der Waals surface area (Å²) in [5, 5.41) is 11.2. The second-order valence-electron chi connectivity index (χ2n) is 3.91. The minimum atomic E-state index is -1.06. The highest BCUT2D eigenvalue weighted by atomic mass is 16.5. The summed E-state index contributed by atoms with van der Waals surface area (Å²) in [7, 11) is 1.41. The molecule has 0 heterocycles. The van der Waals surface area contributed by atoms with Crippen molar-refractivity contribution < 1.29 is 19.4 Å². The van der Waals surface area contributed by atoms with Crippen molar-refractivity contribution in [3.8, 4) is 0 Å². The van der Waals surface area contributed by atoms with Crippen LogP contribution in [0.2, 0.25) is 0 Å². The normalized spacial score (nSPS) is 17.9. The van der Waals surface area contributed by atoms with Gasteiger partial charge in [0, 0.05) is 13.5 Å². The maximum Gasteiger partial charge on any atom is 0.328 e. The van der Waals surface area contributed by atoms with E-state index in [-0.39, 0.29) is 12.5 Å². The Morgan fingerprint density at radius 2 is 2.20 bits per heavy atom. The van der Waals surface area contributed by atoms with E-state index in [1.165, 1.54) is 13.5 Å². The lowest BCUT2D eigenvalue weighted by atomic mass is 9.83. The molecule has 1 aliphatic rings. The molecule has 0 aliphatic heterocycles. The van der Waals surface area contributed by atoms with Crippen LogP contribution < -0.4 is 5.32 Å². The zero-order chi connectivity index (χ0) is 11.3. The Bertz CT molecular complexity index is 238. The van der Waals surface area contributed by atoms with Crippen LogP contribution >= 0.6 is 0 Å². The first-order chi connectivity index (χ1) is 7.13. The Balaban J connectivity index is 2.28. The minimum Gasteiger partial charge on any atom is -0.480 e. The first-order valence-electron chi connectivity index (χ1n) is 5.14. The first-order valence-corrected chi connectivity index (χ1v) is 5.14. The number of ether oxygens (including phenoxy) is 1. The Labute approximate surface area is 88.8 Å². The standard InChI is InChI=1S/C10H17NO4/c1-15-6-8(10(13)14)11-9(12)5-7-3-2-4-7/h7-8H,2-6H2,1H3,(H,11,12)(H,13,14). The van der Waals surface area contributed by atoms with E-state index < -0.39 is 12.0 Å². The second-order valence-corrected chi connectivity index (χ2v) is 3.91. The molecule has 0 bridgehead atoms. The number of hydrogen-bond acceptors (Lipinski definition) is 3. The van der Waals surface area contributed by atoms with Gasteiger partial charge >= 0.3 is 5.97 Å². The zero-order valence-corrected chi connectivity index (χ0v) is 8.86. The van der Waals surface area contributed by atoms with Gasteiger partial charge in [-0.3, -0.25) is 4.79 Å². The molecule has 0 spiro atoms. The second kappa shape index (κ2) is 5.70. The topological polar surface area (TPSA) is 75.6 Å². The van der Waals surface area contributed by atoms with E-state index >= 15 is 0 Å². The molecule has 1 atom stereocenters. The van der Waals surface area contributed by atoms with Crippen LogP contribution in [0.15, 0.2) is 0 Å². The van der Waals surface area contributed by atoms with Crippen LogP contribution in [0.25, 0.3) is 0 Å². The van der Waals surface area contributed by atoms with Crippen molar-refractivity contribution in [2.45, 2.75) is 31.7 Å². The van der Waals surface area contributed by atoms with Crippen molar-refractivity contribution in [3.05, 3.63) is 0 Å². The van der Waals surface area contributed by atoms with Gasteiger partial charge in [-0.1, -0.05) is 6.42 Å². The van der Waals surface area contributed by atoms with E-state index in [0.29, 0.717) is 12.3 Å². The maximum atomic E-state index is 11.4. The van der Waals surface area contributed by atoms with Crippen LogP contribution in [0.1, 0.15) is 25.7 Å². The van der Waals surface area contributed by atoms with Crippen LogP contribution in [0, 0.1) is 5.92 Å². The number of carboxylic acids is 1. The molecule has 2 N–H and O–H groups in total. The SMILES string of the molecule is COCC(NC(=O)CC1CCC1)C(=O)O. The van der Waals surface area contributed by atoms with Crippen molar-refractivity contribution in [2.24, 2.45) is 5.92 Å². The summed E-state index contributed by atoms with van der Waals surface area (Å²) in [5.74, 6) is -0.801. The quantitative estimate of drug-likeness (QED) is 0.672. The number of aliphatic carboxylic acids is 1. The fraction of sp³-hybridized carbons (Fsp3) is 0.800. The summed E-state index contributed by atoms with van der Waals surface area (Å²) < 4.78 is 4.72. The lowest BCUT2D eigenvalue weighted by molar-refractivity contribution is -0.143. The third-order valence-electron chi connectivity index (χ3n) is 2.67. The molecule has 1 aliphatic carbocycles. The molecule has 1 amide bonds. The smallest absolute Gasteiger partial charge is 0.328 e. The van der Waals surface area contributed by atoms with Gasteiger partial charge < -0.3 is 15.2 Å². The molecular weight excluding hydrogens is 198 g/mol. The van der Waals surface area contributed by atoms with E-state index in [1.807, 2.05) is 0 Å². The largest absolute Gasteiger partial charge is 0.480 e. The van der Waals surface area contributed by atoms with E-state index in [0.717, 1.165) is 12.8 Å². The van der Waals surface area contributed by atoms with Gasteiger partial charge in [0.25, 0.3) is 0 Å². The number of methoxy groups -OCH3 is 1. The van der Waals surface area contributed by atoms with Crippen LogP contribution in [-0.2, 0) is 14.3 Å². The summed E-state index contributed by atoms with van der Waals surface area (Å²) in [6.07, 6.45) is 3.77. The van der Waals surface area contributed by atoms with Gasteiger partial charge in [0.15, 0.2) is 6.04 Å². The maximum absolute atomic E-state index is 11.4. The number of carbonyl (C=O) groups excluding carboxylic acids is 1. The molecule has 0 radical (unpaired) electrons. The first kappa shape index (κ1) is 12.0. The average Bonchev–Trinajstić information content (AvgIpc) is 2.10. The number of amides is 1. The van der Waals surface area contributed by atoms with E-state index in [9.17, 15) is 9.59 Å². The van der Waals surface area contributed by atoms with Crippen molar-refractivity contribution in [1.29, 1.82) is 0 Å². The summed E-state index contributed by atoms with van der Waals surface area (Å²) in [6, 6.07) is -0.928. The van der Waals surface area contributed by atoms with Crippen LogP contribution in [-0.4, -0.2) is 36.7 Å². The lowest BCUT2D eigenvalue weighted by Crippen LogP contribution is -2.44. The van der Waals surface area contributed by atoms with Gasteiger partial charge in [-0.2, -0.15) is 0 Å². The van der Waals surface area contributed by atoms with Crippen LogP contribution in [0.4, 0.5) is 0 Å². The molecule has 1 rings (SSSR count). The highest BCUT2D eigenvalue weighted by molar-refractivity contribution is 5.83. The van der Waals surface area contributed by atoms with E-state index in [4.69, 9.17) is 9.84 Å². The molecule has 0 saturated heterocycles. The monoisotopic (exact) mass is 215 g/mol. The van der Waals surface area contributed by atoms with Crippen molar-refractivity contribution in [1.82, 2.24) is 5.32 Å². The number of carboxylic acid groups (broad SMARTS) is 1. The van der Waals surface area contributed by atoms with Gasteiger partial charge in [0.2, 0.25) is 5.91 Å². The van der Waals surface area contributed by atoms with Crippen LogP contribution in [0.5, 0.6) is 0 Å². The number of nitrogens with one attached hydrogen (secondary N) is 1. The zero-order valence-electron chi connectivity index (χ0n) is 8.86. The minimum absolute atomic E-state index is 0.00569. The van der Waals surface area contributed by atoms with Gasteiger partial charge in [0.05, 0.1) is 6.61 Å². The van der Waals surface area contributed by atoms with Gasteiger partial charge in [-0.25, -0.2) is 4.79 Å². The fourth-order valence-electron chi connectivity index (χ4n) is 1.55. The third-order valence-corrected chi connectivity index (χ3v) is 2.67. The number of hydrogen-bond donors (Lipinski definition) is 2. The Kier molecular flexibility index (Phi) is 4.55. The molecule has 0 aromatic rings. The predicted octanol–water partition coefficient (Wildman–Crippen LogP) is 0.392. The molecule has 86 valence electrons. The Morgan fingerprint density at radius 1 is 1.53 bits per heavy atom. The molecule has 0 aromatic heterocycles. The predicted molar refractivity (Wildman–Crippen MR) is 53.4 cm³/mol. The van der Waals surface area contributed by atoms with E-state index in [1.54, 1.807) is 0 Å². The molecule has 5 nitrogen and oxygen atoms in total. The van der Waals surface area contributed by atoms with Crippen molar-refractivity contribution >= 4 is 11.9 Å². The summed E-state index contributed by atoms with van der Waals surface area (Å²) in [5.41, 5.74) is 0. The fourth-order valence-corrected chi connectivity index (χ4v) is 1.55. The molecule has 5 heteroatoms. The van der Waals surface area contributed by atoms with Crippen LogP contribution in [0.3, 0.4) is 0 Å². The molecular formula is C10H17NO4. The van der Waals surface area contributed by atoms with Crippen molar-refractivity contribution in [3.63, 3.8) is 0 Å². The van der Waals surface area contributed by atoms with Crippen molar-refractivity contribution in [2.75, 3.05) is 13.7 Å². The molecule has 0 aromatic carbocycles. The average molecular weight is 215 g/mol.